The predicted octanol–water partition coefficient (Wildman–Crippen LogP) is 3.88. The SMILES string of the molecule is COc1ccc(-c2nnc([C@H](C)Sc3nnc(-c4ccc(C)cc4)n3N)o2)cc1. The van der Waals surface area contributed by atoms with E-state index in [9.17, 15) is 0 Å². The molecule has 0 aliphatic carbocycles. The number of nitrogens with zero attached hydrogens (tertiary/aromatic N) is 5. The van der Waals surface area contributed by atoms with Gasteiger partial charge >= 0.3 is 0 Å². The fraction of sp³-hybridized carbons (Fsp3) is 0.200. The predicted molar refractivity (Wildman–Crippen MR) is 111 cm³/mol. The van der Waals surface area contributed by atoms with Gasteiger partial charge in [-0.3, -0.25) is 0 Å². The second-order valence-corrected chi connectivity index (χ2v) is 7.78. The molecule has 0 aliphatic rings. The number of thioether (sulfide) groups is 1. The number of aromatic nitrogens is 5. The average Bonchev–Trinajstić information content (AvgIpc) is 3.37. The van der Waals surface area contributed by atoms with E-state index in [-0.39, 0.29) is 5.25 Å². The summed E-state index contributed by atoms with van der Waals surface area (Å²) in [5, 5.41) is 17.2. The van der Waals surface area contributed by atoms with E-state index >= 15 is 0 Å². The maximum Gasteiger partial charge on any atom is 0.247 e. The van der Waals surface area contributed by atoms with Gasteiger partial charge in [-0.2, -0.15) is 0 Å². The summed E-state index contributed by atoms with van der Waals surface area (Å²) >= 11 is 1.40. The van der Waals surface area contributed by atoms with Gasteiger partial charge in [-0.05, 0) is 38.1 Å². The highest BCUT2D eigenvalue weighted by molar-refractivity contribution is 7.99. The first-order valence-electron chi connectivity index (χ1n) is 8.97. The van der Waals surface area contributed by atoms with Gasteiger partial charge in [0.25, 0.3) is 0 Å². The minimum atomic E-state index is -0.146. The lowest BCUT2D eigenvalue weighted by Crippen LogP contribution is -2.12. The Morgan fingerprint density at radius 2 is 1.66 bits per heavy atom. The van der Waals surface area contributed by atoms with Crippen LogP contribution in [0, 0.1) is 6.92 Å². The van der Waals surface area contributed by atoms with Crippen molar-refractivity contribution in [2.24, 2.45) is 0 Å². The number of methoxy groups -OCH3 is 1. The first kappa shape index (κ1) is 19.0. The topological polar surface area (TPSA) is 105 Å². The summed E-state index contributed by atoms with van der Waals surface area (Å²) in [4.78, 5) is 0. The molecule has 0 spiro atoms. The number of aryl methyl sites for hydroxylation is 1. The van der Waals surface area contributed by atoms with Crippen LogP contribution < -0.4 is 10.6 Å². The lowest BCUT2D eigenvalue weighted by Gasteiger charge is -2.07. The largest absolute Gasteiger partial charge is 0.497 e. The summed E-state index contributed by atoms with van der Waals surface area (Å²) in [5.41, 5.74) is 2.90. The fourth-order valence-electron chi connectivity index (χ4n) is 2.71. The Hall–Kier alpha value is -3.33. The van der Waals surface area contributed by atoms with E-state index in [4.69, 9.17) is 15.0 Å². The lowest BCUT2D eigenvalue weighted by atomic mass is 10.1. The second-order valence-electron chi connectivity index (χ2n) is 6.48. The van der Waals surface area contributed by atoms with Crippen molar-refractivity contribution >= 4 is 11.8 Å². The molecule has 0 saturated heterocycles. The van der Waals surface area contributed by atoms with E-state index in [0.717, 1.165) is 16.9 Å². The molecule has 8 nitrogen and oxygen atoms in total. The average molecular weight is 408 g/mol. The summed E-state index contributed by atoms with van der Waals surface area (Å²) < 4.78 is 12.5. The Morgan fingerprint density at radius 3 is 2.34 bits per heavy atom. The molecular formula is C20H20N6O2S. The molecule has 0 fully saturated rings. The Labute approximate surface area is 172 Å². The van der Waals surface area contributed by atoms with Gasteiger partial charge in [-0.25, -0.2) is 4.68 Å². The molecule has 0 bridgehead atoms. The fourth-order valence-corrected chi connectivity index (χ4v) is 3.51. The normalized spacial score (nSPS) is 12.1. The van der Waals surface area contributed by atoms with E-state index in [1.165, 1.54) is 22.0 Å². The van der Waals surface area contributed by atoms with Gasteiger partial charge in [0.2, 0.25) is 16.9 Å². The van der Waals surface area contributed by atoms with Gasteiger partial charge in [0.1, 0.15) is 5.75 Å². The van der Waals surface area contributed by atoms with Crippen LogP contribution in [0.15, 0.2) is 58.1 Å². The summed E-state index contributed by atoms with van der Waals surface area (Å²) in [7, 11) is 1.62. The summed E-state index contributed by atoms with van der Waals surface area (Å²) in [5.74, 6) is 8.52. The van der Waals surface area contributed by atoms with Crippen LogP contribution in [-0.4, -0.2) is 32.2 Å². The summed E-state index contributed by atoms with van der Waals surface area (Å²) in [6.07, 6.45) is 0. The third kappa shape index (κ3) is 3.95. The number of benzene rings is 2. The number of rotatable bonds is 6. The Morgan fingerprint density at radius 1 is 0.966 bits per heavy atom. The molecule has 0 aliphatic heterocycles. The van der Waals surface area contributed by atoms with Gasteiger partial charge in [0.15, 0.2) is 5.82 Å². The van der Waals surface area contributed by atoms with Crippen molar-refractivity contribution in [1.82, 2.24) is 25.1 Å². The number of hydrogen-bond acceptors (Lipinski definition) is 8. The molecule has 2 heterocycles. The van der Waals surface area contributed by atoms with Gasteiger partial charge in [0.05, 0.1) is 12.4 Å². The highest BCUT2D eigenvalue weighted by Crippen LogP contribution is 2.35. The number of nitrogens with two attached hydrogens (primary N) is 1. The van der Waals surface area contributed by atoms with Crippen LogP contribution in [0.3, 0.4) is 0 Å². The van der Waals surface area contributed by atoms with Gasteiger partial charge in [0, 0.05) is 11.1 Å². The van der Waals surface area contributed by atoms with Crippen LogP contribution in [0.5, 0.6) is 5.75 Å². The Kier molecular flexibility index (Phi) is 5.22. The van der Waals surface area contributed by atoms with Crippen LogP contribution in [0.2, 0.25) is 0 Å². The van der Waals surface area contributed by atoms with Crippen molar-refractivity contribution < 1.29 is 9.15 Å². The Balaban J connectivity index is 1.50. The van der Waals surface area contributed by atoms with Gasteiger partial charge in [-0.1, -0.05) is 41.6 Å². The van der Waals surface area contributed by atoms with E-state index < -0.39 is 0 Å². The highest BCUT2D eigenvalue weighted by atomic mass is 32.2. The zero-order valence-corrected chi connectivity index (χ0v) is 17.1. The highest BCUT2D eigenvalue weighted by Gasteiger charge is 2.20. The van der Waals surface area contributed by atoms with E-state index in [1.54, 1.807) is 7.11 Å². The molecule has 148 valence electrons. The monoisotopic (exact) mass is 408 g/mol. The number of hydrogen-bond donors (Lipinski definition) is 1. The maximum absolute atomic E-state index is 6.22. The van der Waals surface area contributed by atoms with E-state index in [1.807, 2.05) is 62.4 Å². The third-order valence-electron chi connectivity index (χ3n) is 4.38. The van der Waals surface area contributed by atoms with E-state index in [0.29, 0.717) is 22.8 Å². The molecule has 4 aromatic rings. The minimum Gasteiger partial charge on any atom is -0.497 e. The molecule has 2 aromatic heterocycles. The molecule has 0 radical (unpaired) electrons. The van der Waals surface area contributed by atoms with Crippen LogP contribution in [0.4, 0.5) is 0 Å². The standard InChI is InChI=1S/C20H20N6O2S/c1-12-4-6-14(7-5-12)17-22-25-20(26(17)21)29-13(2)18-23-24-19(28-18)15-8-10-16(27-3)11-9-15/h4-11,13H,21H2,1-3H3/t13-/m0/s1. The van der Waals surface area contributed by atoms with Crippen LogP contribution >= 0.6 is 11.8 Å². The summed E-state index contributed by atoms with van der Waals surface area (Å²) in [6, 6.07) is 15.4. The number of nitrogen functional groups attached to an aromatic ring is 1. The van der Waals surface area contributed by atoms with Crippen molar-refractivity contribution in [3.8, 4) is 28.6 Å². The zero-order valence-electron chi connectivity index (χ0n) is 16.2. The van der Waals surface area contributed by atoms with Crippen molar-refractivity contribution in [3.63, 3.8) is 0 Å². The van der Waals surface area contributed by atoms with Gasteiger partial charge < -0.3 is 15.0 Å². The quantitative estimate of drug-likeness (QED) is 0.378. The molecule has 0 amide bonds. The second kappa shape index (κ2) is 7.96. The minimum absolute atomic E-state index is 0.146. The molecule has 1 atom stereocenters. The smallest absolute Gasteiger partial charge is 0.247 e. The van der Waals surface area contributed by atoms with Gasteiger partial charge in [-0.15, -0.1) is 20.4 Å². The van der Waals surface area contributed by atoms with Crippen molar-refractivity contribution in [2.75, 3.05) is 13.0 Å². The van der Waals surface area contributed by atoms with Crippen molar-refractivity contribution in [2.45, 2.75) is 24.3 Å². The first-order chi connectivity index (χ1) is 14.0. The van der Waals surface area contributed by atoms with Crippen LogP contribution in [0.25, 0.3) is 22.8 Å². The van der Waals surface area contributed by atoms with Crippen LogP contribution in [-0.2, 0) is 0 Å². The Bertz CT molecular complexity index is 1100. The van der Waals surface area contributed by atoms with Crippen LogP contribution in [0.1, 0.15) is 23.6 Å². The maximum atomic E-state index is 6.22. The molecule has 0 saturated carbocycles. The zero-order chi connectivity index (χ0) is 20.4. The first-order valence-corrected chi connectivity index (χ1v) is 9.85. The molecule has 9 heteroatoms. The summed E-state index contributed by atoms with van der Waals surface area (Å²) in [6.45, 7) is 3.99. The molecule has 4 rings (SSSR count). The van der Waals surface area contributed by atoms with E-state index in [2.05, 4.69) is 20.4 Å². The molecule has 2 aromatic carbocycles. The third-order valence-corrected chi connectivity index (χ3v) is 5.43. The molecular weight excluding hydrogens is 388 g/mol. The molecule has 2 N–H and O–H groups in total. The molecule has 29 heavy (non-hydrogen) atoms. The number of ether oxygens (including phenoxy) is 1. The van der Waals surface area contributed by atoms with Crippen molar-refractivity contribution in [3.05, 3.63) is 60.0 Å². The lowest BCUT2D eigenvalue weighted by molar-refractivity contribution is 0.415. The van der Waals surface area contributed by atoms with Crippen molar-refractivity contribution in [1.29, 1.82) is 0 Å². The molecule has 0 unspecified atom stereocenters.